The van der Waals surface area contributed by atoms with E-state index in [0.717, 1.165) is 32.4 Å². The van der Waals surface area contributed by atoms with Crippen LogP contribution in [0.3, 0.4) is 0 Å². The van der Waals surface area contributed by atoms with Crippen molar-refractivity contribution in [3.8, 4) is 0 Å². The van der Waals surface area contributed by atoms with E-state index in [-0.39, 0.29) is 12.5 Å². The monoisotopic (exact) mass is 272 g/mol. The Balaban J connectivity index is 3.73. The Labute approximate surface area is 116 Å². The van der Waals surface area contributed by atoms with Gasteiger partial charge in [-0.05, 0) is 25.7 Å². The summed E-state index contributed by atoms with van der Waals surface area (Å²) in [4.78, 5) is 24.0. The number of amides is 2. The Morgan fingerprint density at radius 1 is 1.21 bits per heavy atom. The molecule has 1 atom stereocenters. The fourth-order valence-corrected chi connectivity index (χ4v) is 1.75. The van der Waals surface area contributed by atoms with Crippen LogP contribution in [0.2, 0.25) is 0 Å². The predicted molar refractivity (Wildman–Crippen MR) is 76.2 cm³/mol. The van der Waals surface area contributed by atoms with Gasteiger partial charge >= 0.3 is 12.0 Å². The number of hydrogen-bond donors (Lipinski definition) is 2. The van der Waals surface area contributed by atoms with Gasteiger partial charge in [0.05, 0.1) is 0 Å². The van der Waals surface area contributed by atoms with Gasteiger partial charge in [0.2, 0.25) is 0 Å². The van der Waals surface area contributed by atoms with Crippen LogP contribution in [0.25, 0.3) is 0 Å². The molecule has 0 aromatic rings. The zero-order chi connectivity index (χ0) is 14.7. The lowest BCUT2D eigenvalue weighted by molar-refractivity contribution is -0.137. The number of nitrogens with one attached hydrogen (secondary N) is 1. The van der Waals surface area contributed by atoms with Gasteiger partial charge in [0.1, 0.15) is 0 Å². The fraction of sp³-hybridized carbons (Fsp3) is 0.857. The van der Waals surface area contributed by atoms with Gasteiger partial charge in [0, 0.05) is 26.1 Å². The molecule has 1 unspecified atom stereocenters. The van der Waals surface area contributed by atoms with Gasteiger partial charge in [-0.2, -0.15) is 0 Å². The molecule has 0 saturated heterocycles. The summed E-state index contributed by atoms with van der Waals surface area (Å²) >= 11 is 0. The lowest BCUT2D eigenvalue weighted by Crippen LogP contribution is -2.42. The van der Waals surface area contributed by atoms with Crippen molar-refractivity contribution in [2.24, 2.45) is 5.92 Å². The SMILES string of the molecule is CCC(C)CN(CC)C(=O)NCCCCCC(=O)O. The van der Waals surface area contributed by atoms with Crippen molar-refractivity contribution in [3.63, 3.8) is 0 Å². The second-order valence-corrected chi connectivity index (χ2v) is 4.99. The molecule has 19 heavy (non-hydrogen) atoms. The highest BCUT2D eigenvalue weighted by Gasteiger charge is 2.13. The zero-order valence-corrected chi connectivity index (χ0v) is 12.4. The Morgan fingerprint density at radius 3 is 2.42 bits per heavy atom. The van der Waals surface area contributed by atoms with Crippen molar-refractivity contribution in [3.05, 3.63) is 0 Å². The number of nitrogens with zero attached hydrogens (tertiary/aromatic N) is 1. The molecule has 2 N–H and O–H groups in total. The Bertz CT molecular complexity index is 269. The molecule has 112 valence electrons. The maximum absolute atomic E-state index is 11.9. The first-order valence-corrected chi connectivity index (χ1v) is 7.25. The highest BCUT2D eigenvalue weighted by atomic mass is 16.4. The van der Waals surface area contributed by atoms with Crippen LogP contribution in [0, 0.1) is 5.92 Å². The number of unbranched alkanes of at least 4 members (excludes halogenated alkanes) is 2. The van der Waals surface area contributed by atoms with Crippen molar-refractivity contribution in [1.29, 1.82) is 0 Å². The molecule has 0 saturated carbocycles. The average molecular weight is 272 g/mol. The smallest absolute Gasteiger partial charge is 0.317 e. The first kappa shape index (κ1) is 17.7. The maximum atomic E-state index is 11.9. The van der Waals surface area contributed by atoms with Crippen molar-refractivity contribution in [1.82, 2.24) is 10.2 Å². The molecule has 2 amide bonds. The molecule has 0 aliphatic heterocycles. The first-order valence-electron chi connectivity index (χ1n) is 7.25. The molecule has 0 aromatic carbocycles. The van der Waals surface area contributed by atoms with Crippen molar-refractivity contribution < 1.29 is 14.7 Å². The normalized spacial score (nSPS) is 11.9. The number of carbonyl (C=O) groups is 2. The minimum atomic E-state index is -0.755. The number of aliphatic carboxylic acids is 1. The number of hydrogen-bond acceptors (Lipinski definition) is 2. The first-order chi connectivity index (χ1) is 9.01. The molecule has 5 heteroatoms. The molecule has 0 fully saturated rings. The van der Waals surface area contributed by atoms with E-state index >= 15 is 0 Å². The molecule has 0 rings (SSSR count). The maximum Gasteiger partial charge on any atom is 0.317 e. The molecule has 0 heterocycles. The molecular weight excluding hydrogens is 244 g/mol. The van der Waals surface area contributed by atoms with Crippen LogP contribution in [-0.4, -0.2) is 41.6 Å². The van der Waals surface area contributed by atoms with Crippen LogP contribution in [0.15, 0.2) is 0 Å². The van der Waals surface area contributed by atoms with Crippen LogP contribution in [0.4, 0.5) is 4.79 Å². The summed E-state index contributed by atoms with van der Waals surface area (Å²) in [5.41, 5.74) is 0. The fourth-order valence-electron chi connectivity index (χ4n) is 1.75. The molecule has 0 aliphatic carbocycles. The third-order valence-electron chi connectivity index (χ3n) is 3.24. The highest BCUT2D eigenvalue weighted by Crippen LogP contribution is 2.04. The minimum Gasteiger partial charge on any atom is -0.481 e. The summed E-state index contributed by atoms with van der Waals surface area (Å²) in [5.74, 6) is -0.240. The molecule has 0 spiro atoms. The molecule has 5 nitrogen and oxygen atoms in total. The van der Waals surface area contributed by atoms with E-state index in [9.17, 15) is 9.59 Å². The van der Waals surface area contributed by atoms with E-state index < -0.39 is 5.97 Å². The van der Waals surface area contributed by atoms with E-state index in [1.54, 1.807) is 0 Å². The lowest BCUT2D eigenvalue weighted by atomic mass is 10.1. The van der Waals surface area contributed by atoms with Gasteiger partial charge < -0.3 is 15.3 Å². The second-order valence-electron chi connectivity index (χ2n) is 4.99. The van der Waals surface area contributed by atoms with Crippen LogP contribution in [0.1, 0.15) is 52.9 Å². The summed E-state index contributed by atoms with van der Waals surface area (Å²) in [5, 5.41) is 11.4. The third-order valence-corrected chi connectivity index (χ3v) is 3.24. The third kappa shape index (κ3) is 9.33. The van der Waals surface area contributed by atoms with Gasteiger partial charge in [-0.1, -0.05) is 26.7 Å². The predicted octanol–water partition coefficient (Wildman–Crippen LogP) is 2.71. The van der Waals surface area contributed by atoms with Crippen molar-refractivity contribution in [2.45, 2.75) is 52.9 Å². The van der Waals surface area contributed by atoms with E-state index in [1.807, 2.05) is 11.8 Å². The highest BCUT2D eigenvalue weighted by molar-refractivity contribution is 5.74. The van der Waals surface area contributed by atoms with Crippen LogP contribution < -0.4 is 5.32 Å². The number of carbonyl (C=O) groups excluding carboxylic acids is 1. The van der Waals surface area contributed by atoms with Crippen molar-refractivity contribution >= 4 is 12.0 Å². The van der Waals surface area contributed by atoms with Crippen LogP contribution in [0.5, 0.6) is 0 Å². The Hall–Kier alpha value is -1.26. The van der Waals surface area contributed by atoms with Gasteiger partial charge in [-0.15, -0.1) is 0 Å². The number of rotatable bonds is 10. The number of carboxylic acids is 1. The minimum absolute atomic E-state index is 0.0129. The van der Waals surface area contributed by atoms with E-state index in [4.69, 9.17) is 5.11 Å². The Kier molecular flexibility index (Phi) is 9.94. The summed E-state index contributed by atoms with van der Waals surface area (Å²) in [7, 11) is 0. The zero-order valence-electron chi connectivity index (χ0n) is 12.4. The van der Waals surface area contributed by atoms with Crippen molar-refractivity contribution in [2.75, 3.05) is 19.6 Å². The van der Waals surface area contributed by atoms with Gasteiger partial charge in [-0.25, -0.2) is 4.79 Å². The van der Waals surface area contributed by atoms with Gasteiger partial charge in [0.15, 0.2) is 0 Å². The molecule has 0 aliphatic rings. The summed E-state index contributed by atoms with van der Waals surface area (Å²) in [6, 6.07) is -0.0129. The number of carboxylic acid groups (broad SMARTS) is 1. The molecule has 0 aromatic heterocycles. The number of urea groups is 1. The van der Waals surface area contributed by atoms with Gasteiger partial charge in [0.25, 0.3) is 0 Å². The topological polar surface area (TPSA) is 69.6 Å². The Morgan fingerprint density at radius 2 is 1.89 bits per heavy atom. The molecular formula is C14H28N2O3. The van der Waals surface area contributed by atoms with Crippen LogP contribution >= 0.6 is 0 Å². The summed E-state index contributed by atoms with van der Waals surface area (Å²) in [6.07, 6.45) is 3.63. The molecule has 0 radical (unpaired) electrons. The summed E-state index contributed by atoms with van der Waals surface area (Å²) in [6.45, 7) is 8.37. The van der Waals surface area contributed by atoms with E-state index in [2.05, 4.69) is 19.2 Å². The van der Waals surface area contributed by atoms with E-state index in [1.165, 1.54) is 0 Å². The lowest BCUT2D eigenvalue weighted by Gasteiger charge is -2.24. The standard InChI is InChI=1S/C14H28N2O3/c1-4-12(3)11-16(5-2)14(19)15-10-8-6-7-9-13(17)18/h12H,4-11H2,1-3H3,(H,15,19)(H,17,18). The largest absolute Gasteiger partial charge is 0.481 e. The van der Waals surface area contributed by atoms with E-state index in [0.29, 0.717) is 18.9 Å². The molecule has 0 bridgehead atoms. The average Bonchev–Trinajstić information content (AvgIpc) is 2.38. The van der Waals surface area contributed by atoms with Crippen LogP contribution in [-0.2, 0) is 4.79 Å². The quantitative estimate of drug-likeness (QED) is 0.601. The van der Waals surface area contributed by atoms with Gasteiger partial charge in [-0.3, -0.25) is 4.79 Å². The second kappa shape index (κ2) is 10.6. The summed E-state index contributed by atoms with van der Waals surface area (Å²) < 4.78 is 0.